The Bertz CT molecular complexity index is 780. The van der Waals surface area contributed by atoms with Crippen molar-refractivity contribution in [3.63, 3.8) is 0 Å². The molecule has 26 heavy (non-hydrogen) atoms. The van der Waals surface area contributed by atoms with Crippen molar-refractivity contribution in [1.82, 2.24) is 0 Å². The highest BCUT2D eigenvalue weighted by Gasteiger charge is 2.49. The van der Waals surface area contributed by atoms with Gasteiger partial charge in [-0.2, -0.15) is 0 Å². The zero-order valence-electron chi connectivity index (χ0n) is 17.7. The van der Waals surface area contributed by atoms with Crippen molar-refractivity contribution in [1.29, 1.82) is 0 Å². The molecule has 0 N–H and O–H groups in total. The second-order valence-corrected chi connectivity index (χ2v) is 15.2. The molecule has 3 rings (SSSR count). The molecule has 0 saturated heterocycles. The molecular formula is C24H34OSi. The lowest BCUT2D eigenvalue weighted by Crippen LogP contribution is -2.58. The largest absolute Gasteiger partial charge is 0.457 e. The van der Waals surface area contributed by atoms with E-state index < -0.39 is 8.07 Å². The standard InChI is InChI=1S/C24H34OSi/c1-16(2)26(17(3)4,18(5)6)22-15-11-14-21-23(22)24(7,8)19-12-9-10-13-20(19)25-21/h9-18H,1-8H3. The van der Waals surface area contributed by atoms with Crippen molar-refractivity contribution in [2.75, 3.05) is 0 Å². The van der Waals surface area contributed by atoms with Gasteiger partial charge in [0.1, 0.15) is 11.5 Å². The Balaban J connectivity index is 2.35. The van der Waals surface area contributed by atoms with Crippen LogP contribution in [0.4, 0.5) is 0 Å². The first-order valence-electron chi connectivity index (χ1n) is 10.1. The predicted molar refractivity (Wildman–Crippen MR) is 116 cm³/mol. The van der Waals surface area contributed by atoms with Crippen molar-refractivity contribution in [2.24, 2.45) is 0 Å². The fraction of sp³-hybridized carbons (Fsp3) is 0.500. The molecule has 1 aliphatic rings. The summed E-state index contributed by atoms with van der Waals surface area (Å²) < 4.78 is 6.41. The van der Waals surface area contributed by atoms with Crippen LogP contribution in [0.2, 0.25) is 16.6 Å². The maximum absolute atomic E-state index is 6.41. The van der Waals surface area contributed by atoms with Gasteiger partial charge in [0.05, 0.1) is 8.07 Å². The minimum atomic E-state index is -1.77. The molecule has 2 aromatic carbocycles. The molecule has 0 aliphatic carbocycles. The van der Waals surface area contributed by atoms with Crippen LogP contribution in [0.3, 0.4) is 0 Å². The first kappa shape index (κ1) is 19.2. The number of hydrogen-bond acceptors (Lipinski definition) is 1. The number of ether oxygens (including phenoxy) is 1. The van der Waals surface area contributed by atoms with Crippen LogP contribution in [0.15, 0.2) is 42.5 Å². The Labute approximate surface area is 160 Å². The highest BCUT2D eigenvalue weighted by molar-refractivity contribution is 6.95. The average Bonchev–Trinajstić information content (AvgIpc) is 2.54. The predicted octanol–water partition coefficient (Wildman–Crippen LogP) is 7.00. The van der Waals surface area contributed by atoms with Gasteiger partial charge in [0.25, 0.3) is 0 Å². The second-order valence-electron chi connectivity index (χ2n) is 9.30. The van der Waals surface area contributed by atoms with Crippen LogP contribution >= 0.6 is 0 Å². The minimum Gasteiger partial charge on any atom is -0.457 e. The van der Waals surface area contributed by atoms with Gasteiger partial charge in [-0.05, 0) is 28.8 Å². The molecule has 140 valence electrons. The van der Waals surface area contributed by atoms with Crippen molar-refractivity contribution >= 4 is 13.3 Å². The quantitative estimate of drug-likeness (QED) is 0.529. The molecule has 0 unspecified atom stereocenters. The fourth-order valence-electron chi connectivity index (χ4n) is 5.88. The minimum absolute atomic E-state index is 0.0440. The van der Waals surface area contributed by atoms with Gasteiger partial charge >= 0.3 is 0 Å². The van der Waals surface area contributed by atoms with Gasteiger partial charge in [-0.3, -0.25) is 0 Å². The molecule has 0 amide bonds. The first-order valence-corrected chi connectivity index (χ1v) is 12.3. The average molecular weight is 367 g/mol. The van der Waals surface area contributed by atoms with E-state index in [-0.39, 0.29) is 5.41 Å². The van der Waals surface area contributed by atoms with Crippen LogP contribution in [0.25, 0.3) is 0 Å². The number of benzene rings is 2. The van der Waals surface area contributed by atoms with Gasteiger partial charge in [-0.25, -0.2) is 0 Å². The van der Waals surface area contributed by atoms with E-state index in [0.717, 1.165) is 11.5 Å². The summed E-state index contributed by atoms with van der Waals surface area (Å²) in [4.78, 5) is 0. The van der Waals surface area contributed by atoms with Crippen LogP contribution in [-0.2, 0) is 5.41 Å². The SMILES string of the molecule is CC(C)[Si](c1cccc2c1C(C)(C)c1ccccc1O2)(C(C)C)C(C)C. The molecule has 1 aliphatic heterocycles. The van der Waals surface area contributed by atoms with Crippen molar-refractivity contribution in [2.45, 2.75) is 77.4 Å². The lowest BCUT2D eigenvalue weighted by Gasteiger charge is -2.47. The van der Waals surface area contributed by atoms with Gasteiger partial charge in [0.2, 0.25) is 0 Å². The number of hydrogen-bond donors (Lipinski definition) is 0. The summed E-state index contributed by atoms with van der Waals surface area (Å²) in [6.45, 7) is 19.4. The lowest BCUT2D eigenvalue weighted by molar-refractivity contribution is 0.419. The van der Waals surface area contributed by atoms with Crippen LogP contribution in [0, 0.1) is 0 Å². The number of rotatable bonds is 4. The fourth-order valence-corrected chi connectivity index (χ4v) is 13.0. The van der Waals surface area contributed by atoms with Crippen molar-refractivity contribution in [3.05, 3.63) is 53.6 Å². The number of para-hydroxylation sites is 1. The van der Waals surface area contributed by atoms with Crippen LogP contribution in [-0.4, -0.2) is 8.07 Å². The molecule has 0 aromatic heterocycles. The zero-order valence-corrected chi connectivity index (χ0v) is 18.7. The summed E-state index contributed by atoms with van der Waals surface area (Å²) >= 11 is 0. The molecule has 2 heteroatoms. The van der Waals surface area contributed by atoms with E-state index in [0.29, 0.717) is 16.6 Å². The van der Waals surface area contributed by atoms with Crippen LogP contribution in [0.1, 0.15) is 66.5 Å². The molecule has 1 nitrogen and oxygen atoms in total. The molecule has 0 bridgehead atoms. The Morgan fingerprint density at radius 2 is 1.27 bits per heavy atom. The summed E-state index contributed by atoms with van der Waals surface area (Å²) in [5.74, 6) is 2.07. The second kappa shape index (κ2) is 6.56. The van der Waals surface area contributed by atoms with Crippen molar-refractivity contribution in [3.8, 4) is 11.5 Å². The van der Waals surface area contributed by atoms with E-state index in [1.54, 1.807) is 5.19 Å². The molecule has 0 spiro atoms. The summed E-state index contributed by atoms with van der Waals surface area (Å²) in [5, 5.41) is 1.61. The summed E-state index contributed by atoms with van der Waals surface area (Å²) in [6, 6.07) is 15.3. The van der Waals surface area contributed by atoms with Gasteiger partial charge in [-0.15, -0.1) is 0 Å². The van der Waals surface area contributed by atoms with E-state index in [2.05, 4.69) is 97.9 Å². The third-order valence-electron chi connectivity index (χ3n) is 6.76. The van der Waals surface area contributed by atoms with E-state index in [1.807, 2.05) is 0 Å². The summed E-state index contributed by atoms with van der Waals surface area (Å²) in [5.41, 5.74) is 4.74. The summed E-state index contributed by atoms with van der Waals surface area (Å²) in [7, 11) is -1.77. The molecular weight excluding hydrogens is 332 g/mol. The third kappa shape index (κ3) is 2.57. The normalized spacial score (nSPS) is 15.8. The number of fused-ring (bicyclic) bond motifs is 2. The molecule has 0 saturated carbocycles. The van der Waals surface area contributed by atoms with Crippen molar-refractivity contribution < 1.29 is 4.74 Å². The third-order valence-corrected chi connectivity index (χ3v) is 13.8. The van der Waals surface area contributed by atoms with E-state index >= 15 is 0 Å². The topological polar surface area (TPSA) is 9.23 Å². The van der Waals surface area contributed by atoms with E-state index in [9.17, 15) is 0 Å². The van der Waals surface area contributed by atoms with Crippen LogP contribution in [0.5, 0.6) is 11.5 Å². The van der Waals surface area contributed by atoms with Crippen LogP contribution < -0.4 is 9.92 Å². The van der Waals surface area contributed by atoms with Gasteiger partial charge < -0.3 is 4.74 Å². The maximum Gasteiger partial charge on any atom is 0.131 e. The van der Waals surface area contributed by atoms with Gasteiger partial charge in [0.15, 0.2) is 0 Å². The first-order chi connectivity index (χ1) is 12.1. The molecule has 1 heterocycles. The van der Waals surface area contributed by atoms with Gasteiger partial charge in [0, 0.05) is 16.5 Å². The molecule has 0 fully saturated rings. The summed E-state index contributed by atoms with van der Waals surface area (Å²) in [6.07, 6.45) is 0. The Morgan fingerprint density at radius 3 is 1.85 bits per heavy atom. The smallest absolute Gasteiger partial charge is 0.131 e. The van der Waals surface area contributed by atoms with E-state index in [1.165, 1.54) is 11.1 Å². The highest BCUT2D eigenvalue weighted by atomic mass is 28.3. The monoisotopic (exact) mass is 366 g/mol. The Morgan fingerprint density at radius 1 is 0.731 bits per heavy atom. The van der Waals surface area contributed by atoms with E-state index in [4.69, 9.17) is 4.74 Å². The lowest BCUT2D eigenvalue weighted by atomic mass is 9.76. The Kier molecular flexibility index (Phi) is 4.85. The highest BCUT2D eigenvalue weighted by Crippen LogP contribution is 2.50. The molecule has 2 aromatic rings. The Hall–Kier alpha value is -1.54. The maximum atomic E-state index is 6.41. The molecule has 0 radical (unpaired) electrons. The van der Waals surface area contributed by atoms with Gasteiger partial charge in [-0.1, -0.05) is 90.9 Å². The zero-order chi connectivity index (χ0) is 19.3. The molecule has 0 atom stereocenters.